The van der Waals surface area contributed by atoms with Crippen LogP contribution in [0.2, 0.25) is 0 Å². The number of nitrogens with zero attached hydrogens (tertiary/aromatic N) is 1. The average molecular weight is 143 g/mol. The first kappa shape index (κ1) is 9.96. The summed E-state index contributed by atoms with van der Waals surface area (Å²) in [6.07, 6.45) is 1.23. The van der Waals surface area contributed by atoms with E-state index in [1.54, 1.807) is 0 Å². The molecule has 0 heterocycles. The van der Waals surface area contributed by atoms with Crippen LogP contribution in [-0.4, -0.2) is 23.5 Å². The molecule has 0 fully saturated rings. The predicted octanol–water partition coefficient (Wildman–Crippen LogP) is 2.52. The van der Waals surface area contributed by atoms with Crippen molar-refractivity contribution in [2.75, 3.05) is 13.1 Å². The number of hydrogen-bond donors (Lipinski definition) is 0. The monoisotopic (exact) mass is 143 g/mol. The van der Waals surface area contributed by atoms with Crippen molar-refractivity contribution in [2.24, 2.45) is 0 Å². The van der Waals surface area contributed by atoms with Crippen molar-refractivity contribution in [3.05, 3.63) is 0 Å². The Morgan fingerprint density at radius 2 is 1.40 bits per heavy atom. The average Bonchev–Trinajstić information content (AvgIpc) is 1.90. The molecule has 10 heavy (non-hydrogen) atoms. The van der Waals surface area contributed by atoms with Gasteiger partial charge in [-0.25, -0.2) is 0 Å². The maximum Gasteiger partial charge on any atom is 0.0150 e. The lowest BCUT2D eigenvalue weighted by molar-refractivity contribution is 0.131. The minimum atomic E-state index is 0.392. The zero-order valence-corrected chi connectivity index (χ0v) is 8.07. The summed E-state index contributed by atoms with van der Waals surface area (Å²) < 4.78 is 0. The SMILES string of the molecule is CCN(CC)C(C)(C)CC. The van der Waals surface area contributed by atoms with E-state index in [4.69, 9.17) is 0 Å². The van der Waals surface area contributed by atoms with E-state index in [-0.39, 0.29) is 0 Å². The minimum Gasteiger partial charge on any atom is -0.299 e. The van der Waals surface area contributed by atoms with Gasteiger partial charge in [-0.3, -0.25) is 4.90 Å². The van der Waals surface area contributed by atoms with E-state index < -0.39 is 0 Å². The fourth-order valence-corrected chi connectivity index (χ4v) is 1.30. The van der Waals surface area contributed by atoms with Crippen molar-refractivity contribution in [3.63, 3.8) is 0 Å². The third-order valence-corrected chi connectivity index (χ3v) is 2.48. The third kappa shape index (κ3) is 2.30. The molecule has 0 aromatic rings. The van der Waals surface area contributed by atoms with Crippen molar-refractivity contribution in [1.82, 2.24) is 4.90 Å². The van der Waals surface area contributed by atoms with Crippen molar-refractivity contribution in [2.45, 2.75) is 46.6 Å². The van der Waals surface area contributed by atoms with Crippen molar-refractivity contribution in [3.8, 4) is 0 Å². The molecule has 0 radical (unpaired) electrons. The van der Waals surface area contributed by atoms with Gasteiger partial charge in [0.05, 0.1) is 0 Å². The Balaban J connectivity index is 3.97. The fourth-order valence-electron chi connectivity index (χ4n) is 1.30. The topological polar surface area (TPSA) is 3.24 Å². The van der Waals surface area contributed by atoms with Gasteiger partial charge in [0.2, 0.25) is 0 Å². The van der Waals surface area contributed by atoms with Gasteiger partial charge in [-0.05, 0) is 33.4 Å². The van der Waals surface area contributed by atoms with E-state index in [2.05, 4.69) is 39.5 Å². The molecule has 62 valence electrons. The molecule has 0 saturated carbocycles. The summed E-state index contributed by atoms with van der Waals surface area (Å²) in [6.45, 7) is 13.6. The minimum absolute atomic E-state index is 0.392. The summed E-state index contributed by atoms with van der Waals surface area (Å²) in [7, 11) is 0. The van der Waals surface area contributed by atoms with Crippen LogP contribution in [0.5, 0.6) is 0 Å². The zero-order valence-electron chi connectivity index (χ0n) is 8.07. The van der Waals surface area contributed by atoms with Gasteiger partial charge in [0.15, 0.2) is 0 Å². The third-order valence-electron chi connectivity index (χ3n) is 2.48. The molecule has 1 heteroatoms. The molecule has 0 saturated heterocycles. The molecule has 0 unspecified atom stereocenters. The van der Waals surface area contributed by atoms with Gasteiger partial charge < -0.3 is 0 Å². The summed E-state index contributed by atoms with van der Waals surface area (Å²) in [5, 5.41) is 0. The second-order valence-electron chi connectivity index (χ2n) is 3.34. The Morgan fingerprint density at radius 1 is 1.00 bits per heavy atom. The molecule has 1 nitrogen and oxygen atoms in total. The zero-order chi connectivity index (χ0) is 8.20. The van der Waals surface area contributed by atoms with Gasteiger partial charge in [0, 0.05) is 5.54 Å². The standard InChI is InChI=1S/C9H21N/c1-6-9(4,5)10(7-2)8-3/h6-8H2,1-5H3. The smallest absolute Gasteiger partial charge is 0.0150 e. The Bertz CT molecular complexity index is 82.7. The maximum absolute atomic E-state index is 2.49. The van der Waals surface area contributed by atoms with Gasteiger partial charge in [0.1, 0.15) is 0 Å². The van der Waals surface area contributed by atoms with Gasteiger partial charge in [-0.1, -0.05) is 20.8 Å². The Kier molecular flexibility index (Phi) is 3.95. The van der Waals surface area contributed by atoms with Crippen LogP contribution in [0.4, 0.5) is 0 Å². The normalized spacial score (nSPS) is 12.6. The van der Waals surface area contributed by atoms with Gasteiger partial charge in [-0.15, -0.1) is 0 Å². The molecular formula is C9H21N. The molecule has 0 N–H and O–H groups in total. The first-order valence-electron chi connectivity index (χ1n) is 4.33. The molecule has 0 aliphatic rings. The number of rotatable bonds is 4. The van der Waals surface area contributed by atoms with Crippen LogP contribution in [0.25, 0.3) is 0 Å². The lowest BCUT2D eigenvalue weighted by Crippen LogP contribution is -2.42. The van der Waals surface area contributed by atoms with Crippen LogP contribution in [0.15, 0.2) is 0 Å². The molecule has 0 aromatic heterocycles. The van der Waals surface area contributed by atoms with Crippen LogP contribution in [-0.2, 0) is 0 Å². The van der Waals surface area contributed by atoms with Crippen LogP contribution in [0.1, 0.15) is 41.0 Å². The second-order valence-corrected chi connectivity index (χ2v) is 3.34. The molecule has 0 aliphatic heterocycles. The predicted molar refractivity (Wildman–Crippen MR) is 47.3 cm³/mol. The molecule has 0 spiro atoms. The first-order valence-corrected chi connectivity index (χ1v) is 4.33. The van der Waals surface area contributed by atoms with E-state index in [0.29, 0.717) is 5.54 Å². The van der Waals surface area contributed by atoms with Gasteiger partial charge in [0.25, 0.3) is 0 Å². The lowest BCUT2D eigenvalue weighted by Gasteiger charge is -2.36. The molecule has 0 amide bonds. The van der Waals surface area contributed by atoms with Gasteiger partial charge >= 0.3 is 0 Å². The molecular weight excluding hydrogens is 122 g/mol. The highest BCUT2D eigenvalue weighted by atomic mass is 15.2. The van der Waals surface area contributed by atoms with E-state index in [1.807, 2.05) is 0 Å². The van der Waals surface area contributed by atoms with Crippen LogP contribution >= 0.6 is 0 Å². The summed E-state index contributed by atoms with van der Waals surface area (Å²) >= 11 is 0. The summed E-state index contributed by atoms with van der Waals surface area (Å²) in [5.41, 5.74) is 0.392. The van der Waals surface area contributed by atoms with Crippen molar-refractivity contribution >= 4 is 0 Å². The van der Waals surface area contributed by atoms with Crippen LogP contribution in [0.3, 0.4) is 0 Å². The summed E-state index contributed by atoms with van der Waals surface area (Å²) in [5.74, 6) is 0. The van der Waals surface area contributed by atoms with Crippen molar-refractivity contribution < 1.29 is 0 Å². The first-order chi connectivity index (χ1) is 4.58. The van der Waals surface area contributed by atoms with E-state index >= 15 is 0 Å². The highest BCUT2D eigenvalue weighted by Gasteiger charge is 2.20. The van der Waals surface area contributed by atoms with Crippen molar-refractivity contribution in [1.29, 1.82) is 0 Å². The Hall–Kier alpha value is -0.0400. The number of hydrogen-bond acceptors (Lipinski definition) is 1. The highest BCUT2D eigenvalue weighted by molar-refractivity contribution is 4.77. The van der Waals surface area contributed by atoms with E-state index in [1.165, 1.54) is 6.42 Å². The molecule has 0 aliphatic carbocycles. The maximum atomic E-state index is 2.49. The summed E-state index contributed by atoms with van der Waals surface area (Å²) in [4.78, 5) is 2.49. The largest absolute Gasteiger partial charge is 0.299 e. The fraction of sp³-hybridized carbons (Fsp3) is 1.00. The van der Waals surface area contributed by atoms with Crippen LogP contribution < -0.4 is 0 Å². The highest BCUT2D eigenvalue weighted by Crippen LogP contribution is 2.16. The molecule has 0 bridgehead atoms. The quantitative estimate of drug-likeness (QED) is 0.584. The van der Waals surface area contributed by atoms with E-state index in [9.17, 15) is 0 Å². The second kappa shape index (κ2) is 3.97. The lowest BCUT2D eigenvalue weighted by atomic mass is 9.99. The Labute approximate surface area is 65.4 Å². The molecule has 0 atom stereocenters. The molecule has 0 aromatic carbocycles. The van der Waals surface area contributed by atoms with Gasteiger partial charge in [-0.2, -0.15) is 0 Å². The molecule has 0 rings (SSSR count). The summed E-state index contributed by atoms with van der Waals surface area (Å²) in [6, 6.07) is 0. The van der Waals surface area contributed by atoms with E-state index in [0.717, 1.165) is 13.1 Å². The Morgan fingerprint density at radius 3 is 1.50 bits per heavy atom. The van der Waals surface area contributed by atoms with Crippen LogP contribution in [0, 0.1) is 0 Å².